The normalized spacial score (nSPS) is 10.4. The first kappa shape index (κ1) is 24.0. The SMILES string of the molecule is CCOC(=O)c1sc(NC(=O)COc2ccccc2)c(C(=O)Nc2ccc(C)c(C)c2)c1C. The summed E-state index contributed by atoms with van der Waals surface area (Å²) >= 11 is 1.01. The Balaban J connectivity index is 1.85. The summed E-state index contributed by atoms with van der Waals surface area (Å²) in [5, 5.41) is 5.83. The third kappa shape index (κ3) is 5.98. The molecule has 0 atom stereocenters. The van der Waals surface area contributed by atoms with Gasteiger partial charge in [-0.3, -0.25) is 9.59 Å². The van der Waals surface area contributed by atoms with Crippen molar-refractivity contribution >= 4 is 39.8 Å². The molecule has 0 aliphatic heterocycles. The van der Waals surface area contributed by atoms with Crippen molar-refractivity contribution in [2.24, 2.45) is 0 Å². The molecule has 2 N–H and O–H groups in total. The lowest BCUT2D eigenvalue weighted by Crippen LogP contribution is -2.22. The highest BCUT2D eigenvalue weighted by Crippen LogP contribution is 2.34. The molecule has 172 valence electrons. The van der Waals surface area contributed by atoms with E-state index >= 15 is 0 Å². The zero-order chi connectivity index (χ0) is 24.0. The van der Waals surface area contributed by atoms with Gasteiger partial charge in [0.15, 0.2) is 6.61 Å². The van der Waals surface area contributed by atoms with E-state index in [2.05, 4.69) is 10.6 Å². The number of nitrogens with one attached hydrogen (secondary N) is 2. The van der Waals surface area contributed by atoms with Crippen molar-refractivity contribution < 1.29 is 23.9 Å². The van der Waals surface area contributed by atoms with Gasteiger partial charge in [-0.15, -0.1) is 11.3 Å². The third-order valence-electron chi connectivity index (χ3n) is 4.97. The average Bonchev–Trinajstić information content (AvgIpc) is 3.11. The molecule has 0 fully saturated rings. The summed E-state index contributed by atoms with van der Waals surface area (Å²) in [5.41, 5.74) is 3.42. The summed E-state index contributed by atoms with van der Waals surface area (Å²) in [6, 6.07) is 14.5. The highest BCUT2D eigenvalue weighted by Gasteiger charge is 2.26. The van der Waals surface area contributed by atoms with E-state index < -0.39 is 17.8 Å². The number of amides is 2. The lowest BCUT2D eigenvalue weighted by Gasteiger charge is -2.11. The second-order valence-electron chi connectivity index (χ2n) is 7.38. The number of ether oxygens (including phenoxy) is 2. The number of para-hydroxylation sites is 1. The fraction of sp³-hybridized carbons (Fsp3) is 0.240. The molecule has 0 bridgehead atoms. The van der Waals surface area contributed by atoms with Crippen LogP contribution in [0.15, 0.2) is 48.5 Å². The second-order valence-corrected chi connectivity index (χ2v) is 8.40. The molecule has 33 heavy (non-hydrogen) atoms. The number of carbonyl (C=O) groups is 3. The number of aryl methyl sites for hydroxylation is 2. The lowest BCUT2D eigenvalue weighted by atomic mass is 10.1. The maximum absolute atomic E-state index is 13.2. The molecule has 3 aromatic rings. The van der Waals surface area contributed by atoms with E-state index in [0.29, 0.717) is 17.0 Å². The third-order valence-corrected chi connectivity index (χ3v) is 6.15. The van der Waals surface area contributed by atoms with Gasteiger partial charge in [0.05, 0.1) is 12.2 Å². The van der Waals surface area contributed by atoms with E-state index in [0.717, 1.165) is 22.5 Å². The van der Waals surface area contributed by atoms with Crippen LogP contribution in [0.3, 0.4) is 0 Å². The maximum Gasteiger partial charge on any atom is 0.348 e. The molecule has 7 nitrogen and oxygen atoms in total. The molecule has 8 heteroatoms. The van der Waals surface area contributed by atoms with Gasteiger partial charge in [-0.05, 0) is 68.7 Å². The van der Waals surface area contributed by atoms with Gasteiger partial charge in [-0.2, -0.15) is 0 Å². The maximum atomic E-state index is 13.2. The standard InChI is InChI=1S/C25H26N2O5S/c1-5-31-25(30)22-17(4)21(23(29)26-18-12-11-15(2)16(3)13-18)24(33-22)27-20(28)14-32-19-9-7-6-8-10-19/h6-13H,5,14H2,1-4H3,(H,26,29)(H,27,28). The van der Waals surface area contributed by atoms with Crippen molar-refractivity contribution in [1.82, 2.24) is 0 Å². The fourth-order valence-electron chi connectivity index (χ4n) is 3.11. The number of thiophene rings is 1. The first-order valence-corrected chi connectivity index (χ1v) is 11.3. The minimum absolute atomic E-state index is 0.201. The van der Waals surface area contributed by atoms with Crippen LogP contribution in [0.5, 0.6) is 5.75 Å². The molecule has 0 spiro atoms. The predicted octanol–water partition coefficient (Wildman–Crippen LogP) is 5.12. The quantitative estimate of drug-likeness (QED) is 0.450. The van der Waals surface area contributed by atoms with Crippen molar-refractivity contribution in [3.63, 3.8) is 0 Å². The molecule has 3 rings (SSSR count). The van der Waals surface area contributed by atoms with E-state index in [-0.39, 0.29) is 28.7 Å². The van der Waals surface area contributed by atoms with Gasteiger partial charge in [0.2, 0.25) is 0 Å². The monoisotopic (exact) mass is 466 g/mol. The van der Waals surface area contributed by atoms with Gasteiger partial charge in [0, 0.05) is 5.69 Å². The van der Waals surface area contributed by atoms with Crippen molar-refractivity contribution in [2.75, 3.05) is 23.8 Å². The molecule has 0 saturated carbocycles. The molecule has 0 radical (unpaired) electrons. The van der Waals surface area contributed by atoms with Crippen LogP contribution in [0, 0.1) is 20.8 Å². The number of anilines is 2. The highest BCUT2D eigenvalue weighted by atomic mass is 32.1. The Morgan fingerprint density at radius 2 is 1.67 bits per heavy atom. The van der Waals surface area contributed by atoms with Crippen LogP contribution >= 0.6 is 11.3 Å². The van der Waals surface area contributed by atoms with Crippen LogP contribution in [0.25, 0.3) is 0 Å². The molecule has 0 aliphatic rings. The average molecular weight is 467 g/mol. The largest absolute Gasteiger partial charge is 0.484 e. The minimum atomic E-state index is -0.540. The summed E-state index contributed by atoms with van der Waals surface area (Å²) < 4.78 is 10.6. The minimum Gasteiger partial charge on any atom is -0.484 e. The van der Waals surface area contributed by atoms with E-state index in [1.165, 1.54) is 0 Å². The van der Waals surface area contributed by atoms with Crippen LogP contribution < -0.4 is 15.4 Å². The van der Waals surface area contributed by atoms with Crippen LogP contribution in [0.2, 0.25) is 0 Å². The van der Waals surface area contributed by atoms with Crippen molar-refractivity contribution in [3.8, 4) is 5.75 Å². The molecule has 0 unspecified atom stereocenters. The van der Waals surface area contributed by atoms with E-state index in [4.69, 9.17) is 9.47 Å². The number of hydrogen-bond acceptors (Lipinski definition) is 6. The van der Waals surface area contributed by atoms with Crippen LogP contribution in [-0.4, -0.2) is 31.0 Å². The number of rotatable bonds is 8. The van der Waals surface area contributed by atoms with Gasteiger partial charge in [0.1, 0.15) is 15.6 Å². The topological polar surface area (TPSA) is 93.7 Å². The Morgan fingerprint density at radius 1 is 0.939 bits per heavy atom. The van der Waals surface area contributed by atoms with Crippen LogP contribution in [-0.2, 0) is 9.53 Å². The smallest absolute Gasteiger partial charge is 0.348 e. The summed E-state index contributed by atoms with van der Waals surface area (Å²) in [5.74, 6) is -0.867. The van der Waals surface area contributed by atoms with Gasteiger partial charge >= 0.3 is 5.97 Å². The van der Waals surface area contributed by atoms with Crippen molar-refractivity contribution in [2.45, 2.75) is 27.7 Å². The molecule has 0 aliphatic carbocycles. The lowest BCUT2D eigenvalue weighted by molar-refractivity contribution is -0.118. The Kier molecular flexibility index (Phi) is 7.84. The highest BCUT2D eigenvalue weighted by molar-refractivity contribution is 7.18. The van der Waals surface area contributed by atoms with Crippen molar-refractivity contribution in [3.05, 3.63) is 75.7 Å². The Hall–Kier alpha value is -3.65. The molecule has 1 heterocycles. The van der Waals surface area contributed by atoms with E-state index in [9.17, 15) is 14.4 Å². The van der Waals surface area contributed by atoms with E-state index in [1.54, 1.807) is 44.2 Å². The Bertz CT molecular complexity index is 1170. The number of benzene rings is 2. The van der Waals surface area contributed by atoms with Crippen LogP contribution in [0.1, 0.15) is 43.6 Å². The zero-order valence-corrected chi connectivity index (χ0v) is 19.8. The summed E-state index contributed by atoms with van der Waals surface area (Å²) in [6.07, 6.45) is 0. The zero-order valence-electron chi connectivity index (χ0n) is 19.0. The number of esters is 1. The summed E-state index contributed by atoms with van der Waals surface area (Å²) in [6.45, 7) is 7.27. The number of carbonyl (C=O) groups excluding carboxylic acids is 3. The van der Waals surface area contributed by atoms with Gasteiger partial charge in [-0.25, -0.2) is 4.79 Å². The van der Waals surface area contributed by atoms with E-state index in [1.807, 2.05) is 32.0 Å². The predicted molar refractivity (Wildman–Crippen MR) is 129 cm³/mol. The van der Waals surface area contributed by atoms with Gasteiger partial charge in [-0.1, -0.05) is 24.3 Å². The Morgan fingerprint density at radius 3 is 2.33 bits per heavy atom. The summed E-state index contributed by atoms with van der Waals surface area (Å²) in [7, 11) is 0. The first-order valence-electron chi connectivity index (χ1n) is 10.5. The fourth-order valence-corrected chi connectivity index (χ4v) is 4.22. The Labute approximate surface area is 196 Å². The second kappa shape index (κ2) is 10.8. The molecular weight excluding hydrogens is 440 g/mol. The number of hydrogen-bond donors (Lipinski definition) is 2. The van der Waals surface area contributed by atoms with Gasteiger partial charge < -0.3 is 20.1 Å². The molecule has 1 aromatic heterocycles. The molecule has 2 aromatic carbocycles. The molecule has 0 saturated heterocycles. The van der Waals surface area contributed by atoms with Gasteiger partial charge in [0.25, 0.3) is 11.8 Å². The first-order chi connectivity index (χ1) is 15.8. The molecule has 2 amide bonds. The van der Waals surface area contributed by atoms with Crippen molar-refractivity contribution in [1.29, 1.82) is 0 Å². The summed E-state index contributed by atoms with van der Waals surface area (Å²) in [4.78, 5) is 38.4. The molecular formula is C25H26N2O5S. The van der Waals surface area contributed by atoms with Crippen LogP contribution in [0.4, 0.5) is 10.7 Å².